The Balaban J connectivity index is 2.93. The summed E-state index contributed by atoms with van der Waals surface area (Å²) in [6.07, 6.45) is 1.02. The molecule has 1 aromatic heterocycles. The standard InChI is InChI=1S/C11H14F2N2O2/c1-11(2,17)6-15(3)10(16)7-4-5-14-9(13)8(7)12/h4-5,17H,6H2,1-3H3. The van der Waals surface area contributed by atoms with E-state index in [-0.39, 0.29) is 6.54 Å². The van der Waals surface area contributed by atoms with Crippen LogP contribution in [0.1, 0.15) is 24.2 Å². The molecule has 1 amide bonds. The molecule has 1 heterocycles. The summed E-state index contributed by atoms with van der Waals surface area (Å²) in [5.74, 6) is -3.29. The number of carbonyl (C=O) groups excluding carboxylic acids is 1. The molecule has 17 heavy (non-hydrogen) atoms. The summed E-state index contributed by atoms with van der Waals surface area (Å²) in [5, 5.41) is 9.53. The van der Waals surface area contributed by atoms with Gasteiger partial charge in [-0.3, -0.25) is 4.79 Å². The minimum atomic E-state index is -1.31. The van der Waals surface area contributed by atoms with Crippen molar-refractivity contribution < 1.29 is 18.7 Å². The zero-order chi connectivity index (χ0) is 13.2. The third-order valence-corrected chi connectivity index (χ3v) is 2.05. The summed E-state index contributed by atoms with van der Waals surface area (Å²) in [7, 11) is 1.40. The van der Waals surface area contributed by atoms with Crippen LogP contribution < -0.4 is 0 Å². The van der Waals surface area contributed by atoms with Crippen LogP contribution in [0.3, 0.4) is 0 Å². The SMILES string of the molecule is CN(CC(C)(C)O)C(=O)c1ccnc(F)c1F. The molecule has 0 aliphatic rings. The van der Waals surface area contributed by atoms with Crippen LogP contribution in [0.15, 0.2) is 12.3 Å². The van der Waals surface area contributed by atoms with E-state index in [9.17, 15) is 18.7 Å². The first-order valence-corrected chi connectivity index (χ1v) is 5.00. The quantitative estimate of drug-likeness (QED) is 0.813. The minimum absolute atomic E-state index is 0.00914. The van der Waals surface area contributed by atoms with Crippen LogP contribution in [-0.4, -0.2) is 40.1 Å². The molecule has 1 aromatic rings. The minimum Gasteiger partial charge on any atom is -0.389 e. The van der Waals surface area contributed by atoms with Crippen molar-refractivity contribution in [3.63, 3.8) is 0 Å². The maximum Gasteiger partial charge on any atom is 0.256 e. The van der Waals surface area contributed by atoms with Crippen molar-refractivity contribution in [1.82, 2.24) is 9.88 Å². The van der Waals surface area contributed by atoms with Gasteiger partial charge in [0.25, 0.3) is 5.91 Å². The molecule has 0 aliphatic heterocycles. The molecule has 0 radical (unpaired) electrons. The second kappa shape index (κ2) is 4.75. The molecule has 6 heteroatoms. The molecule has 0 aliphatic carbocycles. The molecule has 0 atom stereocenters. The maximum atomic E-state index is 13.3. The van der Waals surface area contributed by atoms with E-state index in [0.717, 1.165) is 17.2 Å². The van der Waals surface area contributed by atoms with Gasteiger partial charge in [0.2, 0.25) is 5.95 Å². The van der Waals surface area contributed by atoms with Crippen LogP contribution in [-0.2, 0) is 0 Å². The Morgan fingerprint density at radius 2 is 2.12 bits per heavy atom. The number of nitrogens with zero attached hydrogens (tertiary/aromatic N) is 2. The molecule has 4 nitrogen and oxygen atoms in total. The lowest BCUT2D eigenvalue weighted by Gasteiger charge is -2.25. The van der Waals surface area contributed by atoms with Gasteiger partial charge in [-0.15, -0.1) is 0 Å². The van der Waals surface area contributed by atoms with E-state index >= 15 is 0 Å². The lowest BCUT2D eigenvalue weighted by molar-refractivity contribution is 0.0364. The molecule has 0 unspecified atom stereocenters. The predicted octanol–water partition coefficient (Wildman–Crippen LogP) is 1.20. The van der Waals surface area contributed by atoms with E-state index < -0.39 is 28.8 Å². The number of hydrogen-bond donors (Lipinski definition) is 1. The van der Waals surface area contributed by atoms with Crippen molar-refractivity contribution in [2.24, 2.45) is 0 Å². The highest BCUT2D eigenvalue weighted by atomic mass is 19.2. The Morgan fingerprint density at radius 1 is 1.53 bits per heavy atom. The molecule has 0 aromatic carbocycles. The fourth-order valence-corrected chi connectivity index (χ4v) is 1.44. The predicted molar refractivity (Wildman–Crippen MR) is 57.4 cm³/mol. The van der Waals surface area contributed by atoms with Crippen molar-refractivity contribution in [3.05, 3.63) is 29.6 Å². The average molecular weight is 244 g/mol. The third-order valence-electron chi connectivity index (χ3n) is 2.05. The topological polar surface area (TPSA) is 53.4 Å². The molecule has 0 bridgehead atoms. The zero-order valence-corrected chi connectivity index (χ0v) is 9.87. The number of pyridine rings is 1. The number of aromatic nitrogens is 1. The lowest BCUT2D eigenvalue weighted by Crippen LogP contribution is -2.40. The fraction of sp³-hybridized carbons (Fsp3) is 0.455. The third kappa shape index (κ3) is 3.45. The van der Waals surface area contributed by atoms with Crippen molar-refractivity contribution in [2.75, 3.05) is 13.6 Å². The summed E-state index contributed by atoms with van der Waals surface area (Å²) in [5.41, 5.74) is -1.50. The molecule has 0 saturated heterocycles. The number of halogens is 2. The largest absolute Gasteiger partial charge is 0.389 e. The number of hydrogen-bond acceptors (Lipinski definition) is 3. The number of carbonyl (C=O) groups is 1. The molecular formula is C11H14F2N2O2. The summed E-state index contributed by atoms with van der Waals surface area (Å²) >= 11 is 0. The van der Waals surface area contributed by atoms with Crippen molar-refractivity contribution in [2.45, 2.75) is 19.4 Å². The van der Waals surface area contributed by atoms with E-state index in [1.165, 1.54) is 20.9 Å². The van der Waals surface area contributed by atoms with E-state index in [4.69, 9.17) is 0 Å². The monoisotopic (exact) mass is 244 g/mol. The Labute approximate surface area is 97.9 Å². The summed E-state index contributed by atoms with van der Waals surface area (Å²) in [6.45, 7) is 3.04. The molecule has 0 fully saturated rings. The van der Waals surface area contributed by atoms with Crippen molar-refractivity contribution in [1.29, 1.82) is 0 Å². The zero-order valence-electron chi connectivity index (χ0n) is 9.87. The van der Waals surface area contributed by atoms with Crippen LogP contribution in [0.5, 0.6) is 0 Å². The Hall–Kier alpha value is -1.56. The van der Waals surface area contributed by atoms with E-state index in [0.29, 0.717) is 0 Å². The first kappa shape index (κ1) is 13.5. The second-order valence-corrected chi connectivity index (χ2v) is 4.44. The van der Waals surface area contributed by atoms with E-state index in [1.807, 2.05) is 0 Å². The number of aliphatic hydroxyl groups is 1. The number of amides is 1. The van der Waals surface area contributed by atoms with Gasteiger partial charge in [0, 0.05) is 19.8 Å². The van der Waals surface area contributed by atoms with Gasteiger partial charge in [-0.1, -0.05) is 0 Å². The van der Waals surface area contributed by atoms with Crippen LogP contribution >= 0.6 is 0 Å². The van der Waals surface area contributed by atoms with Gasteiger partial charge in [0.05, 0.1) is 11.2 Å². The molecule has 1 rings (SSSR count). The molecular weight excluding hydrogens is 230 g/mol. The highest BCUT2D eigenvalue weighted by Crippen LogP contribution is 2.13. The van der Waals surface area contributed by atoms with E-state index in [2.05, 4.69) is 4.98 Å². The first-order chi connectivity index (χ1) is 7.72. The van der Waals surface area contributed by atoms with Gasteiger partial charge < -0.3 is 10.0 Å². The van der Waals surface area contributed by atoms with Crippen LogP contribution in [0.25, 0.3) is 0 Å². The molecule has 0 spiro atoms. The van der Waals surface area contributed by atoms with E-state index in [1.54, 1.807) is 0 Å². The van der Waals surface area contributed by atoms with Crippen molar-refractivity contribution >= 4 is 5.91 Å². The van der Waals surface area contributed by atoms with Gasteiger partial charge >= 0.3 is 0 Å². The van der Waals surface area contributed by atoms with Gasteiger partial charge in [0.1, 0.15) is 0 Å². The second-order valence-electron chi connectivity index (χ2n) is 4.44. The summed E-state index contributed by atoms with van der Waals surface area (Å²) < 4.78 is 26.1. The smallest absolute Gasteiger partial charge is 0.256 e. The van der Waals surface area contributed by atoms with Crippen molar-refractivity contribution in [3.8, 4) is 0 Å². The molecule has 1 N–H and O–H groups in total. The van der Waals surface area contributed by atoms with Gasteiger partial charge in [-0.05, 0) is 19.9 Å². The summed E-state index contributed by atoms with van der Waals surface area (Å²) in [4.78, 5) is 16.0. The fourth-order valence-electron chi connectivity index (χ4n) is 1.44. The Morgan fingerprint density at radius 3 is 2.65 bits per heavy atom. The molecule has 94 valence electrons. The number of rotatable bonds is 3. The van der Waals surface area contributed by atoms with Crippen LogP contribution in [0.4, 0.5) is 8.78 Å². The highest BCUT2D eigenvalue weighted by molar-refractivity contribution is 5.94. The average Bonchev–Trinajstić information content (AvgIpc) is 2.18. The normalized spacial score (nSPS) is 11.4. The lowest BCUT2D eigenvalue weighted by atomic mass is 10.1. The first-order valence-electron chi connectivity index (χ1n) is 5.00. The molecule has 0 saturated carbocycles. The summed E-state index contributed by atoms with van der Waals surface area (Å²) in [6, 6.07) is 1.10. The van der Waals surface area contributed by atoms with Gasteiger partial charge in [-0.25, -0.2) is 9.37 Å². The van der Waals surface area contributed by atoms with Gasteiger partial charge in [-0.2, -0.15) is 4.39 Å². The van der Waals surface area contributed by atoms with Crippen LogP contribution in [0.2, 0.25) is 0 Å². The highest BCUT2D eigenvalue weighted by Gasteiger charge is 2.23. The Bertz CT molecular complexity index is 430. The maximum absolute atomic E-state index is 13.3. The van der Waals surface area contributed by atoms with Crippen LogP contribution in [0, 0.1) is 11.8 Å². The number of likely N-dealkylation sites (N-methyl/N-ethyl adjacent to an activating group) is 1. The van der Waals surface area contributed by atoms with Gasteiger partial charge in [0.15, 0.2) is 5.82 Å². The Kier molecular flexibility index (Phi) is 3.77.